The number of nitrogens with zero attached hydrogens (tertiary/aromatic N) is 4. The predicted molar refractivity (Wildman–Crippen MR) is 136 cm³/mol. The topological polar surface area (TPSA) is 118 Å². The lowest BCUT2D eigenvalue weighted by Crippen LogP contribution is -2.42. The van der Waals surface area contributed by atoms with Gasteiger partial charge < -0.3 is 19.5 Å². The third kappa shape index (κ3) is 5.13. The molecule has 1 aromatic carbocycles. The van der Waals surface area contributed by atoms with Crippen LogP contribution in [0.2, 0.25) is 0 Å². The largest absolute Gasteiger partial charge is 0.495 e. The van der Waals surface area contributed by atoms with Crippen LogP contribution in [-0.4, -0.2) is 69.8 Å². The number of ether oxygens (including phenoxy) is 2. The fraction of sp³-hybridized carbons (Fsp3) is 0.462. The second-order valence-corrected chi connectivity index (χ2v) is 9.11. The lowest BCUT2D eigenvalue weighted by atomic mass is 9.84. The number of aryl methyl sites for hydroxylation is 1. The average molecular weight is 496 g/mol. The maximum absolute atomic E-state index is 12.2. The Morgan fingerprint density at radius 1 is 1.22 bits per heavy atom. The highest BCUT2D eigenvalue weighted by molar-refractivity contribution is 5.88. The summed E-state index contributed by atoms with van der Waals surface area (Å²) in [5.41, 5.74) is 3.74. The highest BCUT2D eigenvalue weighted by Crippen LogP contribution is 2.39. The van der Waals surface area contributed by atoms with Crippen LogP contribution < -0.4 is 10.1 Å². The second-order valence-electron chi connectivity index (χ2n) is 9.11. The molecule has 1 aliphatic carbocycles. The Hall–Kier alpha value is -3.66. The van der Waals surface area contributed by atoms with Crippen molar-refractivity contribution in [1.29, 1.82) is 0 Å². The van der Waals surface area contributed by atoms with E-state index < -0.39 is 6.09 Å². The van der Waals surface area contributed by atoms with Crippen molar-refractivity contribution in [3.05, 3.63) is 42.1 Å². The summed E-state index contributed by atoms with van der Waals surface area (Å²) in [7, 11) is 3.16. The molecule has 1 aliphatic rings. The lowest BCUT2D eigenvalue weighted by molar-refractivity contribution is -0.132. The second kappa shape index (κ2) is 10.9. The molecular formula is C26H33N5O5. The van der Waals surface area contributed by atoms with Gasteiger partial charge in [0.1, 0.15) is 11.6 Å². The van der Waals surface area contributed by atoms with Gasteiger partial charge in [-0.05, 0) is 44.7 Å². The van der Waals surface area contributed by atoms with Gasteiger partial charge >= 0.3 is 6.09 Å². The molecule has 10 heteroatoms. The Morgan fingerprint density at radius 3 is 2.61 bits per heavy atom. The Morgan fingerprint density at radius 2 is 1.97 bits per heavy atom. The molecule has 3 aromatic rings. The smallest absolute Gasteiger partial charge is 0.409 e. The van der Waals surface area contributed by atoms with E-state index in [2.05, 4.69) is 14.7 Å². The van der Waals surface area contributed by atoms with Crippen molar-refractivity contribution < 1.29 is 24.2 Å². The molecule has 192 valence electrons. The molecule has 4 rings (SSSR count). The molecule has 0 saturated heterocycles. The zero-order valence-electron chi connectivity index (χ0n) is 21.2. The summed E-state index contributed by atoms with van der Waals surface area (Å²) < 4.78 is 12.8. The zero-order chi connectivity index (χ0) is 25.8. The number of hydrogen-bond acceptors (Lipinski definition) is 6. The van der Waals surface area contributed by atoms with Crippen LogP contribution in [0.15, 0.2) is 30.6 Å². The Balaban J connectivity index is 1.66. The van der Waals surface area contributed by atoms with Crippen LogP contribution in [0.5, 0.6) is 5.75 Å². The van der Waals surface area contributed by atoms with Gasteiger partial charge in [-0.3, -0.25) is 19.5 Å². The molecule has 0 bridgehead atoms. The SMILES string of the molecule is COCCN(C(C)=O)[C@H]1CC[C@H](c2nc(-c3ccc(NC(=O)O)c(OC)c3)c3c(C)nccn32)CC1. The predicted octanol–water partition coefficient (Wildman–Crippen LogP) is 4.32. The number of aromatic nitrogens is 3. The van der Waals surface area contributed by atoms with E-state index in [1.54, 1.807) is 32.4 Å². The fourth-order valence-electron chi connectivity index (χ4n) is 5.20. The van der Waals surface area contributed by atoms with Gasteiger partial charge in [-0.15, -0.1) is 0 Å². The van der Waals surface area contributed by atoms with Crippen molar-refractivity contribution >= 4 is 23.2 Å². The molecule has 2 aromatic heterocycles. The number of fused-ring (bicyclic) bond motifs is 1. The molecule has 36 heavy (non-hydrogen) atoms. The minimum Gasteiger partial charge on any atom is -0.495 e. The van der Waals surface area contributed by atoms with Crippen LogP contribution in [0.25, 0.3) is 16.8 Å². The van der Waals surface area contributed by atoms with E-state index in [0.29, 0.717) is 24.6 Å². The maximum Gasteiger partial charge on any atom is 0.409 e. The van der Waals surface area contributed by atoms with Gasteiger partial charge in [-0.25, -0.2) is 9.78 Å². The maximum atomic E-state index is 12.2. The number of rotatable bonds is 8. The van der Waals surface area contributed by atoms with Gasteiger partial charge in [-0.1, -0.05) is 6.07 Å². The summed E-state index contributed by atoms with van der Waals surface area (Å²) in [6, 6.07) is 5.52. The first-order valence-corrected chi connectivity index (χ1v) is 12.1. The summed E-state index contributed by atoms with van der Waals surface area (Å²) in [6.07, 6.45) is 6.23. The molecule has 2 heterocycles. The molecular weight excluding hydrogens is 462 g/mol. The Labute approximate surface area is 210 Å². The van der Waals surface area contributed by atoms with Crippen molar-refractivity contribution in [2.75, 3.05) is 32.7 Å². The molecule has 2 amide bonds. The standard InChI is InChI=1S/C26H33N5O5/c1-16-24-23(19-7-10-21(28-26(33)34)22(15-19)36-4)29-25(31(24)12-11-27-16)18-5-8-20(9-6-18)30(17(2)32)13-14-35-3/h7,10-12,15,18,20,28H,5-6,8-9,13-14H2,1-4H3,(H,33,34)/t18-,20-. The van der Waals surface area contributed by atoms with Crippen LogP contribution >= 0.6 is 0 Å². The zero-order valence-corrected chi connectivity index (χ0v) is 21.2. The summed E-state index contributed by atoms with van der Waals surface area (Å²) in [5.74, 6) is 1.72. The number of amides is 2. The van der Waals surface area contributed by atoms with Crippen molar-refractivity contribution in [3.63, 3.8) is 0 Å². The number of anilines is 1. The van der Waals surface area contributed by atoms with Gasteiger partial charge in [0.15, 0.2) is 0 Å². The molecule has 1 saturated carbocycles. The minimum atomic E-state index is -1.16. The number of carboxylic acid groups (broad SMARTS) is 1. The third-order valence-corrected chi connectivity index (χ3v) is 6.92. The molecule has 0 unspecified atom stereocenters. The average Bonchev–Trinajstić information content (AvgIpc) is 3.25. The number of benzene rings is 1. The van der Waals surface area contributed by atoms with E-state index in [9.17, 15) is 9.59 Å². The van der Waals surface area contributed by atoms with E-state index in [0.717, 1.165) is 54.0 Å². The quantitative estimate of drug-likeness (QED) is 0.478. The summed E-state index contributed by atoms with van der Waals surface area (Å²) in [4.78, 5) is 34.9. The van der Waals surface area contributed by atoms with Gasteiger partial charge in [0.25, 0.3) is 0 Å². The number of carbonyl (C=O) groups is 2. The van der Waals surface area contributed by atoms with Gasteiger partial charge in [0.2, 0.25) is 5.91 Å². The highest BCUT2D eigenvalue weighted by atomic mass is 16.5. The van der Waals surface area contributed by atoms with Crippen molar-refractivity contribution in [3.8, 4) is 17.0 Å². The monoisotopic (exact) mass is 495 g/mol. The van der Waals surface area contributed by atoms with Crippen molar-refractivity contribution in [2.24, 2.45) is 0 Å². The molecule has 0 atom stereocenters. The van der Waals surface area contributed by atoms with Crippen molar-refractivity contribution in [1.82, 2.24) is 19.3 Å². The number of imidazole rings is 1. The molecule has 10 nitrogen and oxygen atoms in total. The van der Waals surface area contributed by atoms with E-state index in [1.165, 1.54) is 7.11 Å². The Kier molecular flexibility index (Phi) is 7.73. The normalized spacial score (nSPS) is 17.7. The number of carbonyl (C=O) groups excluding carboxylic acids is 1. The Bertz CT molecular complexity index is 1250. The molecule has 2 N–H and O–H groups in total. The highest BCUT2D eigenvalue weighted by Gasteiger charge is 2.31. The lowest BCUT2D eigenvalue weighted by Gasteiger charge is -2.36. The van der Waals surface area contributed by atoms with E-state index in [4.69, 9.17) is 19.6 Å². The number of hydrogen-bond donors (Lipinski definition) is 2. The van der Waals surface area contributed by atoms with Gasteiger partial charge in [0, 0.05) is 50.5 Å². The third-order valence-electron chi connectivity index (χ3n) is 6.92. The molecule has 0 aliphatic heterocycles. The van der Waals surface area contributed by atoms with E-state index >= 15 is 0 Å². The first-order chi connectivity index (χ1) is 17.3. The van der Waals surface area contributed by atoms with Crippen LogP contribution in [0.4, 0.5) is 10.5 Å². The molecule has 0 spiro atoms. The van der Waals surface area contributed by atoms with Crippen LogP contribution in [0.3, 0.4) is 0 Å². The van der Waals surface area contributed by atoms with Gasteiger partial charge in [-0.2, -0.15) is 0 Å². The summed E-state index contributed by atoms with van der Waals surface area (Å²) in [6.45, 7) is 4.72. The number of nitrogens with one attached hydrogen (secondary N) is 1. The summed E-state index contributed by atoms with van der Waals surface area (Å²) >= 11 is 0. The van der Waals surface area contributed by atoms with Gasteiger partial charge in [0.05, 0.1) is 36.3 Å². The minimum absolute atomic E-state index is 0.0838. The van der Waals surface area contributed by atoms with E-state index in [-0.39, 0.29) is 17.9 Å². The van der Waals surface area contributed by atoms with Crippen molar-refractivity contribution in [2.45, 2.75) is 51.5 Å². The van der Waals surface area contributed by atoms with Crippen LogP contribution in [-0.2, 0) is 9.53 Å². The van der Waals surface area contributed by atoms with Crippen LogP contribution in [0, 0.1) is 6.92 Å². The molecule has 0 radical (unpaired) electrons. The fourth-order valence-corrected chi connectivity index (χ4v) is 5.20. The number of methoxy groups -OCH3 is 2. The first-order valence-electron chi connectivity index (χ1n) is 12.1. The molecule has 1 fully saturated rings. The summed E-state index contributed by atoms with van der Waals surface area (Å²) in [5, 5.41) is 11.5. The first kappa shape index (κ1) is 25.4. The van der Waals surface area contributed by atoms with Crippen LogP contribution in [0.1, 0.15) is 50.0 Å². The van der Waals surface area contributed by atoms with E-state index in [1.807, 2.05) is 24.1 Å².